The van der Waals surface area contributed by atoms with Crippen molar-refractivity contribution in [1.29, 1.82) is 0 Å². The van der Waals surface area contributed by atoms with E-state index in [0.29, 0.717) is 50.3 Å². The van der Waals surface area contributed by atoms with Gasteiger partial charge in [0.1, 0.15) is 17.3 Å². The van der Waals surface area contributed by atoms with Gasteiger partial charge in [0.2, 0.25) is 0 Å². The Bertz CT molecular complexity index is 810. The Balaban J connectivity index is 2.02. The maximum absolute atomic E-state index is 12.4. The minimum Gasteiger partial charge on any atom is -0.511 e. The second-order valence-electron chi connectivity index (χ2n) is 6.25. The number of nitrogens with zero attached hydrogens (tertiary/aromatic N) is 1. The molecule has 0 atom stereocenters. The molecule has 0 saturated heterocycles. The highest BCUT2D eigenvalue weighted by Gasteiger charge is 2.25. The summed E-state index contributed by atoms with van der Waals surface area (Å²) in [6.07, 6.45) is 3.59. The molecule has 0 bridgehead atoms. The van der Waals surface area contributed by atoms with E-state index in [9.17, 15) is 9.90 Å². The van der Waals surface area contributed by atoms with Crippen LogP contribution in [0.3, 0.4) is 0 Å². The molecule has 1 aliphatic heterocycles. The molecule has 1 aromatic rings. The van der Waals surface area contributed by atoms with E-state index in [0.717, 1.165) is 27.7 Å². The first-order chi connectivity index (χ1) is 13.1. The summed E-state index contributed by atoms with van der Waals surface area (Å²) in [5.74, 6) is 2.44. The van der Waals surface area contributed by atoms with Crippen molar-refractivity contribution in [2.75, 3.05) is 25.5 Å². The summed E-state index contributed by atoms with van der Waals surface area (Å²) in [6.45, 7) is 5.63. The molecule has 1 heterocycles. The number of aliphatic hydroxyl groups is 1. The molecule has 1 aromatic carbocycles. The molecule has 144 valence electrons. The molecule has 6 heteroatoms. The lowest BCUT2D eigenvalue weighted by Gasteiger charge is -2.16. The van der Waals surface area contributed by atoms with Gasteiger partial charge >= 0.3 is 0 Å². The first-order valence-corrected chi connectivity index (χ1v) is 10.4. The predicted octanol–water partition coefficient (Wildman–Crippen LogP) is 4.58. The van der Waals surface area contributed by atoms with Gasteiger partial charge in [-0.1, -0.05) is 0 Å². The van der Waals surface area contributed by atoms with Gasteiger partial charge in [0, 0.05) is 41.7 Å². The second kappa shape index (κ2) is 9.13. The summed E-state index contributed by atoms with van der Waals surface area (Å²) in [4.78, 5) is 17.9. The number of benzene rings is 1. The number of thioether (sulfide) groups is 1. The molecule has 27 heavy (non-hydrogen) atoms. The summed E-state index contributed by atoms with van der Waals surface area (Å²) in [5.41, 5.74) is 1.90. The van der Waals surface area contributed by atoms with Crippen LogP contribution in [0, 0.1) is 0 Å². The lowest BCUT2D eigenvalue weighted by Crippen LogP contribution is -2.18. The minimum absolute atomic E-state index is 0.0308. The molecule has 5 nitrogen and oxygen atoms in total. The lowest BCUT2D eigenvalue weighted by molar-refractivity contribution is -0.115. The Morgan fingerprint density at radius 3 is 2.74 bits per heavy atom. The Morgan fingerprint density at radius 2 is 2.00 bits per heavy atom. The van der Waals surface area contributed by atoms with Gasteiger partial charge in [0.25, 0.3) is 0 Å². The molecular weight excluding hydrogens is 362 g/mol. The average molecular weight is 388 g/mol. The van der Waals surface area contributed by atoms with E-state index in [1.54, 1.807) is 11.8 Å². The van der Waals surface area contributed by atoms with Gasteiger partial charge in [-0.2, -0.15) is 0 Å². The summed E-state index contributed by atoms with van der Waals surface area (Å²) in [6, 6.07) is 5.80. The number of ether oxygens (including phenoxy) is 2. The largest absolute Gasteiger partial charge is 0.511 e. The fourth-order valence-corrected chi connectivity index (χ4v) is 4.12. The number of rotatable bonds is 6. The molecule has 0 unspecified atom stereocenters. The highest BCUT2D eigenvalue weighted by atomic mass is 32.2. The first kappa shape index (κ1) is 19.5. The van der Waals surface area contributed by atoms with Crippen molar-refractivity contribution in [3.63, 3.8) is 0 Å². The van der Waals surface area contributed by atoms with Gasteiger partial charge in [-0.05, 0) is 38.5 Å². The first-order valence-electron chi connectivity index (χ1n) is 9.38. The van der Waals surface area contributed by atoms with Gasteiger partial charge in [0.15, 0.2) is 5.78 Å². The van der Waals surface area contributed by atoms with E-state index in [4.69, 9.17) is 9.47 Å². The number of hydrogen-bond donors (Lipinski definition) is 1. The molecule has 0 radical (unpaired) electrons. The number of ketones is 1. The molecule has 3 rings (SSSR count). The van der Waals surface area contributed by atoms with E-state index < -0.39 is 0 Å². The number of hydrogen-bond acceptors (Lipinski definition) is 6. The number of aliphatic imine (C=N–C) groups is 1. The predicted molar refractivity (Wildman–Crippen MR) is 110 cm³/mol. The van der Waals surface area contributed by atoms with Crippen molar-refractivity contribution in [3.8, 4) is 11.5 Å². The van der Waals surface area contributed by atoms with Crippen LogP contribution >= 0.6 is 11.8 Å². The summed E-state index contributed by atoms with van der Waals surface area (Å²) in [7, 11) is 0. The second-order valence-corrected chi connectivity index (χ2v) is 7.38. The van der Waals surface area contributed by atoms with E-state index >= 15 is 0 Å². The third-order valence-electron chi connectivity index (χ3n) is 4.37. The van der Waals surface area contributed by atoms with Gasteiger partial charge in [-0.3, -0.25) is 9.79 Å². The molecule has 1 aliphatic carbocycles. The van der Waals surface area contributed by atoms with Crippen LogP contribution in [0.2, 0.25) is 0 Å². The van der Waals surface area contributed by atoms with Gasteiger partial charge in [-0.15, -0.1) is 11.8 Å². The van der Waals surface area contributed by atoms with E-state index in [1.165, 1.54) is 0 Å². The highest BCUT2D eigenvalue weighted by molar-refractivity contribution is 8.08. The number of carbonyl (C=O) groups is 1. The zero-order chi connectivity index (χ0) is 19.2. The molecule has 0 aromatic heterocycles. The maximum Gasteiger partial charge on any atom is 0.168 e. The number of Topliss-reactive ketones (excluding diaryl/α,β-unsaturated/α-hetero) is 1. The Morgan fingerprint density at radius 1 is 1.19 bits per heavy atom. The van der Waals surface area contributed by atoms with E-state index in [-0.39, 0.29) is 11.5 Å². The minimum atomic E-state index is -0.0308. The molecule has 0 fully saturated rings. The Labute approximate surface area is 164 Å². The van der Waals surface area contributed by atoms with Crippen LogP contribution in [0.25, 0.3) is 4.91 Å². The lowest BCUT2D eigenvalue weighted by atomic mass is 9.92. The third kappa shape index (κ3) is 4.56. The molecule has 0 amide bonds. The monoisotopic (exact) mass is 387 g/mol. The SMILES string of the molecule is CCOc1ccc(C2=CC(C3=C(O)CCCC3=O)=NCCS2)c(OCC)c1. The van der Waals surface area contributed by atoms with Crippen molar-refractivity contribution in [2.24, 2.45) is 4.99 Å². The highest BCUT2D eigenvalue weighted by Crippen LogP contribution is 2.38. The Hall–Kier alpha value is -2.21. The van der Waals surface area contributed by atoms with E-state index in [1.807, 2.05) is 38.1 Å². The topological polar surface area (TPSA) is 68.1 Å². The fraction of sp³-hybridized carbons (Fsp3) is 0.429. The van der Waals surface area contributed by atoms with Crippen LogP contribution in [0.15, 0.2) is 40.6 Å². The van der Waals surface area contributed by atoms with Crippen molar-refractivity contribution in [3.05, 3.63) is 41.2 Å². The van der Waals surface area contributed by atoms with Crippen LogP contribution in [-0.2, 0) is 4.79 Å². The molecule has 1 N–H and O–H groups in total. The summed E-state index contributed by atoms with van der Waals surface area (Å²) >= 11 is 1.68. The quantitative estimate of drug-likeness (QED) is 0.774. The van der Waals surface area contributed by atoms with Crippen molar-refractivity contribution < 1.29 is 19.4 Å². The van der Waals surface area contributed by atoms with Crippen LogP contribution in [0.5, 0.6) is 11.5 Å². The average Bonchev–Trinajstić information content (AvgIpc) is 2.89. The van der Waals surface area contributed by atoms with Crippen molar-refractivity contribution in [1.82, 2.24) is 0 Å². The maximum atomic E-state index is 12.4. The molecular formula is C21H25NO4S. The molecule has 2 aliphatic rings. The van der Waals surface area contributed by atoms with Crippen LogP contribution in [0.4, 0.5) is 0 Å². The van der Waals surface area contributed by atoms with Crippen LogP contribution in [-0.4, -0.2) is 42.1 Å². The summed E-state index contributed by atoms with van der Waals surface area (Å²) in [5, 5.41) is 10.3. The van der Waals surface area contributed by atoms with Gasteiger partial charge in [0.05, 0.1) is 24.5 Å². The fourth-order valence-electron chi connectivity index (χ4n) is 3.20. The van der Waals surface area contributed by atoms with Gasteiger partial charge in [-0.25, -0.2) is 0 Å². The molecule has 0 saturated carbocycles. The van der Waals surface area contributed by atoms with E-state index in [2.05, 4.69) is 4.99 Å². The van der Waals surface area contributed by atoms with Gasteiger partial charge < -0.3 is 14.6 Å². The Kier molecular flexibility index (Phi) is 6.61. The normalized spacial score (nSPS) is 17.9. The third-order valence-corrected chi connectivity index (χ3v) is 5.40. The number of allylic oxidation sites excluding steroid dienone is 3. The van der Waals surface area contributed by atoms with Crippen molar-refractivity contribution in [2.45, 2.75) is 33.1 Å². The standard InChI is InChI=1S/C21H25NO4S/c1-3-25-14-8-9-15(19(12-14)26-4-2)20-13-16(22-10-11-27-20)21-17(23)6-5-7-18(21)24/h8-9,12-13,23H,3-7,10-11H2,1-2H3. The number of aliphatic hydroxyl groups excluding tert-OH is 1. The zero-order valence-corrected chi connectivity index (χ0v) is 16.6. The van der Waals surface area contributed by atoms with Crippen LogP contribution < -0.4 is 9.47 Å². The smallest absolute Gasteiger partial charge is 0.168 e. The number of carbonyl (C=O) groups excluding carboxylic acids is 1. The summed E-state index contributed by atoms with van der Waals surface area (Å²) < 4.78 is 11.4. The molecule has 0 spiro atoms. The van der Waals surface area contributed by atoms with Crippen molar-refractivity contribution >= 4 is 28.2 Å². The zero-order valence-electron chi connectivity index (χ0n) is 15.8. The van der Waals surface area contributed by atoms with Crippen LogP contribution in [0.1, 0.15) is 38.7 Å².